The normalized spacial score (nSPS) is 10.7. The van der Waals surface area contributed by atoms with Gasteiger partial charge in [-0.15, -0.1) is 0 Å². The van der Waals surface area contributed by atoms with Crippen LogP contribution in [0.3, 0.4) is 0 Å². The molecule has 3 aromatic carbocycles. The van der Waals surface area contributed by atoms with Crippen molar-refractivity contribution >= 4 is 17.1 Å². The number of anilines is 2. The lowest BCUT2D eigenvalue weighted by molar-refractivity contribution is -0.384. The minimum Gasteiger partial charge on any atom is -0.354 e. The summed E-state index contributed by atoms with van der Waals surface area (Å²) in [5, 5.41) is 19.5. The Balaban J connectivity index is 1.96. The molecule has 0 radical (unpaired) electrons. The Morgan fingerprint density at radius 3 is 2.47 bits per heavy atom. The third-order valence-corrected chi connectivity index (χ3v) is 4.87. The molecule has 1 heterocycles. The van der Waals surface area contributed by atoms with E-state index in [1.54, 1.807) is 23.1 Å². The van der Waals surface area contributed by atoms with Gasteiger partial charge in [-0.1, -0.05) is 49.7 Å². The Labute approximate surface area is 174 Å². The number of para-hydroxylation sites is 2. The smallest absolute Gasteiger partial charge is 0.277 e. The van der Waals surface area contributed by atoms with Gasteiger partial charge in [-0.3, -0.25) is 10.1 Å². The Hall–Kier alpha value is -4.00. The van der Waals surface area contributed by atoms with Gasteiger partial charge in [0.25, 0.3) is 5.69 Å². The molecular formula is C23H21N5O2. The number of aromatic nitrogens is 3. The lowest BCUT2D eigenvalue weighted by Crippen LogP contribution is -2.07. The molecule has 150 valence electrons. The maximum atomic E-state index is 11.7. The molecule has 0 aliphatic rings. The molecule has 0 unspecified atom stereocenters. The summed E-state index contributed by atoms with van der Waals surface area (Å²) in [4.78, 5) is 15.4. The molecule has 7 nitrogen and oxygen atoms in total. The van der Waals surface area contributed by atoms with Crippen LogP contribution in [0.25, 0.3) is 16.8 Å². The molecule has 7 heteroatoms. The van der Waals surface area contributed by atoms with E-state index in [0.717, 1.165) is 41.0 Å². The monoisotopic (exact) mass is 399 g/mol. The highest BCUT2D eigenvalue weighted by Crippen LogP contribution is 2.39. The van der Waals surface area contributed by atoms with E-state index in [1.165, 1.54) is 12.4 Å². The number of hydrogen-bond acceptors (Lipinski definition) is 5. The van der Waals surface area contributed by atoms with Gasteiger partial charge in [0.2, 0.25) is 0 Å². The maximum absolute atomic E-state index is 11.7. The molecule has 0 atom stereocenters. The third kappa shape index (κ3) is 3.77. The summed E-state index contributed by atoms with van der Waals surface area (Å²) in [6.45, 7) is 2.09. The Morgan fingerprint density at radius 1 is 1.00 bits per heavy atom. The van der Waals surface area contributed by atoms with E-state index in [2.05, 4.69) is 22.3 Å². The first-order chi connectivity index (χ1) is 14.7. The van der Waals surface area contributed by atoms with Crippen molar-refractivity contribution in [3.8, 4) is 16.8 Å². The van der Waals surface area contributed by atoms with Gasteiger partial charge in [0, 0.05) is 11.8 Å². The Kier molecular flexibility index (Phi) is 5.52. The number of hydrogen-bond donors (Lipinski definition) is 1. The topological polar surface area (TPSA) is 85.9 Å². The van der Waals surface area contributed by atoms with Gasteiger partial charge in [0.15, 0.2) is 0 Å². The van der Waals surface area contributed by atoms with E-state index in [4.69, 9.17) is 0 Å². The Morgan fingerprint density at radius 2 is 1.77 bits per heavy atom. The van der Waals surface area contributed by atoms with Crippen LogP contribution in [0.1, 0.15) is 18.9 Å². The van der Waals surface area contributed by atoms with Crippen LogP contribution in [0, 0.1) is 10.1 Å². The molecule has 4 rings (SSSR count). The van der Waals surface area contributed by atoms with Crippen molar-refractivity contribution in [3.63, 3.8) is 0 Å². The summed E-state index contributed by atoms with van der Waals surface area (Å²) in [5.74, 6) is 0. The van der Waals surface area contributed by atoms with Crippen molar-refractivity contribution in [2.45, 2.75) is 19.8 Å². The van der Waals surface area contributed by atoms with Crippen LogP contribution < -0.4 is 5.32 Å². The van der Waals surface area contributed by atoms with Crippen LogP contribution in [-0.4, -0.2) is 19.7 Å². The van der Waals surface area contributed by atoms with Crippen LogP contribution in [0.15, 0.2) is 79.4 Å². The fourth-order valence-electron chi connectivity index (χ4n) is 3.62. The summed E-state index contributed by atoms with van der Waals surface area (Å²) >= 11 is 0. The highest BCUT2D eigenvalue weighted by molar-refractivity contribution is 5.84. The van der Waals surface area contributed by atoms with E-state index in [1.807, 2.05) is 48.5 Å². The molecule has 0 spiro atoms. The number of nitro benzene ring substituents is 1. The molecule has 4 aromatic rings. The lowest BCUT2D eigenvalue weighted by atomic mass is 9.93. The zero-order valence-electron chi connectivity index (χ0n) is 16.5. The average molecular weight is 399 g/mol. The number of benzene rings is 3. The van der Waals surface area contributed by atoms with Crippen molar-refractivity contribution in [1.29, 1.82) is 0 Å². The minimum atomic E-state index is -0.337. The van der Waals surface area contributed by atoms with Crippen LogP contribution in [0.4, 0.5) is 17.1 Å². The SMILES string of the molecule is CCCc1c(-c2ccccc2[N+](=O)[O-])ccc(Nc2ccccc2)c1-n1cncn1. The number of nitrogens with one attached hydrogen (secondary N) is 1. The van der Waals surface area contributed by atoms with Crippen LogP contribution in [-0.2, 0) is 6.42 Å². The molecule has 0 bridgehead atoms. The number of rotatable bonds is 7. The first kappa shape index (κ1) is 19.3. The predicted molar refractivity (Wildman–Crippen MR) is 117 cm³/mol. The molecule has 30 heavy (non-hydrogen) atoms. The number of nitrogens with zero attached hydrogens (tertiary/aromatic N) is 4. The molecule has 0 saturated heterocycles. The van der Waals surface area contributed by atoms with E-state index < -0.39 is 0 Å². The van der Waals surface area contributed by atoms with Crippen LogP contribution >= 0.6 is 0 Å². The van der Waals surface area contributed by atoms with Gasteiger partial charge in [-0.25, -0.2) is 9.67 Å². The van der Waals surface area contributed by atoms with E-state index in [0.29, 0.717) is 5.56 Å². The minimum absolute atomic E-state index is 0.0863. The van der Waals surface area contributed by atoms with Gasteiger partial charge in [0.05, 0.1) is 21.9 Å². The fourth-order valence-corrected chi connectivity index (χ4v) is 3.62. The zero-order chi connectivity index (χ0) is 20.9. The Bertz CT molecular complexity index is 1160. The summed E-state index contributed by atoms with van der Waals surface area (Å²) < 4.78 is 1.72. The second kappa shape index (κ2) is 8.57. The first-order valence-electron chi connectivity index (χ1n) is 9.75. The largest absolute Gasteiger partial charge is 0.354 e. The van der Waals surface area contributed by atoms with Crippen molar-refractivity contribution in [3.05, 3.63) is 95.1 Å². The summed E-state index contributed by atoms with van der Waals surface area (Å²) in [7, 11) is 0. The average Bonchev–Trinajstić information content (AvgIpc) is 3.29. The van der Waals surface area contributed by atoms with Crippen LogP contribution in [0.5, 0.6) is 0 Å². The van der Waals surface area contributed by atoms with Crippen molar-refractivity contribution in [1.82, 2.24) is 14.8 Å². The number of nitro groups is 1. The molecule has 0 amide bonds. The van der Waals surface area contributed by atoms with E-state index in [9.17, 15) is 10.1 Å². The van der Waals surface area contributed by atoms with E-state index in [-0.39, 0.29) is 10.6 Å². The first-order valence-corrected chi connectivity index (χ1v) is 9.75. The van der Waals surface area contributed by atoms with Crippen molar-refractivity contribution < 1.29 is 4.92 Å². The summed E-state index contributed by atoms with van der Waals surface area (Å²) in [6.07, 6.45) is 4.75. The highest BCUT2D eigenvalue weighted by atomic mass is 16.6. The van der Waals surface area contributed by atoms with E-state index >= 15 is 0 Å². The van der Waals surface area contributed by atoms with Gasteiger partial charge in [0.1, 0.15) is 12.7 Å². The van der Waals surface area contributed by atoms with Gasteiger partial charge in [-0.05, 0) is 41.8 Å². The molecule has 1 aromatic heterocycles. The van der Waals surface area contributed by atoms with Gasteiger partial charge in [-0.2, -0.15) is 5.10 Å². The molecule has 0 saturated carbocycles. The second-order valence-corrected chi connectivity index (χ2v) is 6.84. The van der Waals surface area contributed by atoms with Gasteiger partial charge < -0.3 is 5.32 Å². The maximum Gasteiger partial charge on any atom is 0.277 e. The quantitative estimate of drug-likeness (QED) is 0.326. The van der Waals surface area contributed by atoms with Gasteiger partial charge >= 0.3 is 0 Å². The van der Waals surface area contributed by atoms with Crippen molar-refractivity contribution in [2.24, 2.45) is 0 Å². The molecule has 0 fully saturated rings. The molecular weight excluding hydrogens is 378 g/mol. The summed E-state index contributed by atoms with van der Waals surface area (Å²) in [6, 6.07) is 20.6. The highest BCUT2D eigenvalue weighted by Gasteiger charge is 2.22. The lowest BCUT2D eigenvalue weighted by Gasteiger charge is -2.19. The fraction of sp³-hybridized carbons (Fsp3) is 0.130. The summed E-state index contributed by atoms with van der Waals surface area (Å²) in [5.41, 5.74) is 5.14. The standard InChI is InChI=1S/C23H21N5O2/c1-2-8-20-18(19-11-6-7-12-22(19)28(29)30)13-14-21(23(20)27-16-24-15-25-27)26-17-9-4-3-5-10-17/h3-7,9-16,26H,2,8H2,1H3. The second-order valence-electron chi connectivity index (χ2n) is 6.84. The molecule has 0 aliphatic heterocycles. The van der Waals surface area contributed by atoms with Crippen LogP contribution in [0.2, 0.25) is 0 Å². The third-order valence-electron chi connectivity index (χ3n) is 4.87. The van der Waals surface area contributed by atoms with Crippen molar-refractivity contribution in [2.75, 3.05) is 5.32 Å². The molecule has 1 N–H and O–H groups in total. The zero-order valence-corrected chi connectivity index (χ0v) is 16.5. The predicted octanol–water partition coefficient (Wildman–Crippen LogP) is 5.54. The molecule has 0 aliphatic carbocycles.